The summed E-state index contributed by atoms with van der Waals surface area (Å²) in [5, 5.41) is 0. The molecule has 2 saturated carbocycles. The number of likely N-dealkylation sites (tertiary alicyclic amines) is 1. The van der Waals surface area contributed by atoms with Crippen molar-refractivity contribution < 1.29 is 14.3 Å². The summed E-state index contributed by atoms with van der Waals surface area (Å²) in [5.74, 6) is 2.31. The molecule has 0 aromatic heterocycles. The van der Waals surface area contributed by atoms with Crippen LogP contribution < -0.4 is 9.47 Å². The second-order valence-corrected chi connectivity index (χ2v) is 7.27. The van der Waals surface area contributed by atoms with Gasteiger partial charge in [-0.05, 0) is 36.8 Å². The molecule has 1 atom stereocenters. The lowest BCUT2D eigenvalue weighted by atomic mass is 9.79. The summed E-state index contributed by atoms with van der Waals surface area (Å²) in [7, 11) is 1.66. The molecule has 2 aliphatic carbocycles. The number of carbonyl (C=O) groups excluding carboxylic acids is 1. The molecule has 1 saturated heterocycles. The molecule has 3 fully saturated rings. The van der Waals surface area contributed by atoms with E-state index in [1.165, 1.54) is 19.3 Å². The third-order valence-electron chi connectivity index (χ3n) is 5.95. The highest BCUT2D eigenvalue weighted by Crippen LogP contribution is 2.66. The van der Waals surface area contributed by atoms with Crippen LogP contribution in [0.2, 0.25) is 0 Å². The van der Waals surface area contributed by atoms with Crippen LogP contribution in [0.3, 0.4) is 0 Å². The van der Waals surface area contributed by atoms with Gasteiger partial charge in [0.15, 0.2) is 11.5 Å². The smallest absolute Gasteiger partial charge is 0.226 e. The fourth-order valence-corrected chi connectivity index (χ4v) is 4.19. The average molecular weight is 315 g/mol. The number of amides is 1. The Kier molecular flexibility index (Phi) is 3.70. The van der Waals surface area contributed by atoms with E-state index in [-0.39, 0.29) is 6.10 Å². The van der Waals surface area contributed by atoms with Crippen molar-refractivity contribution in [1.82, 2.24) is 4.90 Å². The van der Waals surface area contributed by atoms with Crippen molar-refractivity contribution in [2.24, 2.45) is 11.3 Å². The van der Waals surface area contributed by atoms with E-state index < -0.39 is 0 Å². The Labute approximate surface area is 137 Å². The van der Waals surface area contributed by atoms with Crippen molar-refractivity contribution in [3.63, 3.8) is 0 Å². The minimum Gasteiger partial charge on any atom is -0.493 e. The van der Waals surface area contributed by atoms with Gasteiger partial charge >= 0.3 is 0 Å². The zero-order valence-electron chi connectivity index (χ0n) is 13.8. The Morgan fingerprint density at radius 3 is 2.43 bits per heavy atom. The van der Waals surface area contributed by atoms with Crippen LogP contribution in [0.25, 0.3) is 0 Å². The van der Waals surface area contributed by atoms with Gasteiger partial charge in [0.2, 0.25) is 5.91 Å². The molecule has 23 heavy (non-hydrogen) atoms. The molecule has 1 unspecified atom stereocenters. The van der Waals surface area contributed by atoms with Gasteiger partial charge < -0.3 is 14.4 Å². The van der Waals surface area contributed by atoms with E-state index in [0.717, 1.165) is 43.9 Å². The van der Waals surface area contributed by atoms with Crippen LogP contribution in [0, 0.1) is 11.3 Å². The first-order valence-corrected chi connectivity index (χ1v) is 8.80. The van der Waals surface area contributed by atoms with Crippen LogP contribution in [0.1, 0.15) is 38.5 Å². The fourth-order valence-electron chi connectivity index (χ4n) is 4.19. The van der Waals surface area contributed by atoms with Crippen LogP contribution in [0.5, 0.6) is 11.5 Å². The SMILES string of the molecule is COc1ccccc1OC1CCN(C(=O)C2CC23CCC3)CC1. The Morgan fingerprint density at radius 2 is 1.87 bits per heavy atom. The van der Waals surface area contributed by atoms with Gasteiger partial charge in [-0.25, -0.2) is 0 Å². The van der Waals surface area contributed by atoms with Gasteiger partial charge in [-0.15, -0.1) is 0 Å². The van der Waals surface area contributed by atoms with Gasteiger partial charge in [0.05, 0.1) is 7.11 Å². The normalized spacial score (nSPS) is 25.8. The Morgan fingerprint density at radius 1 is 1.17 bits per heavy atom. The lowest BCUT2D eigenvalue weighted by Crippen LogP contribution is -2.43. The number of hydrogen-bond donors (Lipinski definition) is 0. The highest BCUT2D eigenvalue weighted by atomic mass is 16.5. The quantitative estimate of drug-likeness (QED) is 0.856. The average Bonchev–Trinajstić information content (AvgIpc) is 3.32. The molecule has 1 aromatic carbocycles. The van der Waals surface area contributed by atoms with E-state index in [1.807, 2.05) is 24.3 Å². The van der Waals surface area contributed by atoms with Crippen LogP contribution in [0.15, 0.2) is 24.3 Å². The van der Waals surface area contributed by atoms with Crippen molar-refractivity contribution in [2.45, 2.75) is 44.6 Å². The maximum atomic E-state index is 12.6. The first kappa shape index (κ1) is 14.9. The summed E-state index contributed by atoms with van der Waals surface area (Å²) in [6.07, 6.45) is 7.00. The largest absolute Gasteiger partial charge is 0.493 e. The number of para-hydroxylation sites is 2. The third kappa shape index (κ3) is 2.68. The van der Waals surface area contributed by atoms with Crippen molar-refractivity contribution in [1.29, 1.82) is 0 Å². The molecule has 3 aliphatic rings. The molecule has 1 aliphatic heterocycles. The zero-order valence-corrected chi connectivity index (χ0v) is 13.8. The minimum absolute atomic E-state index is 0.173. The molecule has 1 amide bonds. The molecule has 1 aromatic rings. The number of ether oxygens (including phenoxy) is 2. The summed E-state index contributed by atoms with van der Waals surface area (Å²) in [4.78, 5) is 14.7. The number of benzene rings is 1. The predicted molar refractivity (Wildman–Crippen MR) is 87.6 cm³/mol. The molecule has 4 nitrogen and oxygen atoms in total. The number of hydrogen-bond acceptors (Lipinski definition) is 3. The minimum atomic E-state index is 0.173. The predicted octanol–water partition coefficient (Wildman–Crippen LogP) is 3.26. The molecule has 124 valence electrons. The Hall–Kier alpha value is -1.71. The summed E-state index contributed by atoms with van der Waals surface area (Å²) < 4.78 is 11.4. The molecule has 1 spiro atoms. The van der Waals surface area contributed by atoms with Crippen molar-refractivity contribution >= 4 is 5.91 Å². The van der Waals surface area contributed by atoms with Crippen LogP contribution in [-0.4, -0.2) is 37.1 Å². The summed E-state index contributed by atoms with van der Waals surface area (Å²) in [5.41, 5.74) is 0.432. The lowest BCUT2D eigenvalue weighted by molar-refractivity contribution is -0.135. The zero-order chi connectivity index (χ0) is 15.9. The molecule has 1 heterocycles. The molecule has 0 N–H and O–H groups in total. The molecule has 0 radical (unpaired) electrons. The first-order valence-electron chi connectivity index (χ1n) is 8.80. The number of methoxy groups -OCH3 is 1. The lowest BCUT2D eigenvalue weighted by Gasteiger charge is -2.34. The summed E-state index contributed by atoms with van der Waals surface area (Å²) >= 11 is 0. The van der Waals surface area contributed by atoms with E-state index in [2.05, 4.69) is 4.90 Å². The first-order chi connectivity index (χ1) is 11.2. The summed E-state index contributed by atoms with van der Waals surface area (Å²) in [6.45, 7) is 1.65. The number of carbonyl (C=O) groups is 1. The van der Waals surface area contributed by atoms with E-state index in [4.69, 9.17) is 9.47 Å². The molecular weight excluding hydrogens is 290 g/mol. The van der Waals surface area contributed by atoms with Crippen LogP contribution >= 0.6 is 0 Å². The topological polar surface area (TPSA) is 38.8 Å². The van der Waals surface area contributed by atoms with Gasteiger partial charge in [0.25, 0.3) is 0 Å². The van der Waals surface area contributed by atoms with Crippen molar-refractivity contribution in [3.05, 3.63) is 24.3 Å². The number of piperidine rings is 1. The monoisotopic (exact) mass is 315 g/mol. The van der Waals surface area contributed by atoms with Gasteiger partial charge in [-0.2, -0.15) is 0 Å². The van der Waals surface area contributed by atoms with Crippen molar-refractivity contribution in [3.8, 4) is 11.5 Å². The molecule has 4 heteroatoms. The second-order valence-electron chi connectivity index (χ2n) is 7.27. The highest BCUT2D eigenvalue weighted by molar-refractivity contribution is 5.83. The summed E-state index contributed by atoms with van der Waals surface area (Å²) in [6, 6.07) is 7.76. The van der Waals surface area contributed by atoms with Crippen molar-refractivity contribution in [2.75, 3.05) is 20.2 Å². The maximum Gasteiger partial charge on any atom is 0.226 e. The number of nitrogens with zero attached hydrogens (tertiary/aromatic N) is 1. The number of rotatable bonds is 4. The van der Waals surface area contributed by atoms with E-state index in [9.17, 15) is 4.79 Å². The van der Waals surface area contributed by atoms with E-state index in [1.54, 1.807) is 7.11 Å². The second kappa shape index (κ2) is 5.73. The van der Waals surface area contributed by atoms with Gasteiger partial charge in [-0.3, -0.25) is 4.79 Å². The van der Waals surface area contributed by atoms with Crippen LogP contribution in [0.4, 0.5) is 0 Å². The fraction of sp³-hybridized carbons (Fsp3) is 0.632. The maximum absolute atomic E-state index is 12.6. The highest BCUT2D eigenvalue weighted by Gasteiger charge is 2.61. The van der Waals surface area contributed by atoms with Gasteiger partial charge in [0, 0.05) is 31.8 Å². The van der Waals surface area contributed by atoms with E-state index >= 15 is 0 Å². The molecule has 4 rings (SSSR count). The Balaban J connectivity index is 1.30. The van der Waals surface area contributed by atoms with Gasteiger partial charge in [-0.1, -0.05) is 18.6 Å². The molecular formula is C19H25NO3. The van der Waals surface area contributed by atoms with Crippen LogP contribution in [-0.2, 0) is 4.79 Å². The standard InChI is InChI=1S/C19H25NO3/c1-22-16-5-2-3-6-17(16)23-14-7-11-20(12-8-14)18(21)15-13-19(15)9-4-10-19/h2-3,5-6,14-15H,4,7-13H2,1H3. The third-order valence-corrected chi connectivity index (χ3v) is 5.95. The van der Waals surface area contributed by atoms with E-state index in [0.29, 0.717) is 17.2 Å². The molecule has 0 bridgehead atoms. The Bertz CT molecular complexity index is 588. The van der Waals surface area contributed by atoms with Gasteiger partial charge in [0.1, 0.15) is 6.10 Å².